The number of aliphatic hydroxyl groups is 1. The number of amides is 2. The number of hydrogen-bond donors (Lipinski definition) is 3. The highest BCUT2D eigenvalue weighted by Crippen LogP contribution is 2.20. The Bertz CT molecular complexity index is 499. The van der Waals surface area contributed by atoms with Gasteiger partial charge >= 0.3 is 6.03 Å². The van der Waals surface area contributed by atoms with E-state index in [1.54, 1.807) is 0 Å². The first-order valence-electron chi connectivity index (χ1n) is 8.14. The van der Waals surface area contributed by atoms with Crippen LogP contribution in [0.3, 0.4) is 0 Å². The number of nitrogens with zero attached hydrogens (tertiary/aromatic N) is 1. The van der Waals surface area contributed by atoms with Gasteiger partial charge in [0.1, 0.15) is 0 Å². The second-order valence-corrected chi connectivity index (χ2v) is 6.80. The van der Waals surface area contributed by atoms with Gasteiger partial charge in [-0.1, -0.05) is 23.7 Å². The van der Waals surface area contributed by atoms with Crippen molar-refractivity contribution in [3.8, 4) is 0 Å². The molecule has 1 aromatic carbocycles. The minimum atomic E-state index is -0.771. The normalized spacial score (nSPS) is 17.7. The lowest BCUT2D eigenvalue weighted by Gasteiger charge is -2.36. The van der Waals surface area contributed by atoms with E-state index in [1.807, 2.05) is 31.3 Å². The van der Waals surface area contributed by atoms with Crippen molar-refractivity contribution < 1.29 is 9.90 Å². The molecule has 1 saturated heterocycles. The number of piperidine rings is 1. The molecule has 5 nitrogen and oxygen atoms in total. The molecular formula is C17H26ClN3O2. The zero-order valence-corrected chi connectivity index (χ0v) is 14.4. The van der Waals surface area contributed by atoms with E-state index in [1.165, 1.54) is 5.56 Å². The minimum Gasteiger partial charge on any atom is -0.388 e. The van der Waals surface area contributed by atoms with Gasteiger partial charge < -0.3 is 20.6 Å². The fourth-order valence-corrected chi connectivity index (χ4v) is 2.79. The second kappa shape index (κ2) is 8.52. The van der Waals surface area contributed by atoms with Crippen molar-refractivity contribution in [3.05, 3.63) is 34.9 Å². The first-order valence-corrected chi connectivity index (χ1v) is 8.52. The molecule has 0 aromatic heterocycles. The summed E-state index contributed by atoms with van der Waals surface area (Å²) in [4.78, 5) is 14.0. The van der Waals surface area contributed by atoms with Gasteiger partial charge in [-0.2, -0.15) is 0 Å². The Kier molecular flexibility index (Phi) is 6.69. The van der Waals surface area contributed by atoms with Crippen molar-refractivity contribution in [2.24, 2.45) is 0 Å². The summed E-state index contributed by atoms with van der Waals surface area (Å²) in [6, 6.07) is 7.53. The Morgan fingerprint density at radius 2 is 1.91 bits per heavy atom. The first-order chi connectivity index (χ1) is 11.0. The third kappa shape index (κ3) is 6.37. The summed E-state index contributed by atoms with van der Waals surface area (Å²) in [6.45, 7) is 2.64. The smallest absolute Gasteiger partial charge is 0.314 e. The lowest BCUT2D eigenvalue weighted by Crippen LogP contribution is -2.51. The van der Waals surface area contributed by atoms with Crippen LogP contribution in [0.1, 0.15) is 24.8 Å². The molecule has 2 amide bonds. The van der Waals surface area contributed by atoms with E-state index < -0.39 is 5.60 Å². The third-order valence-corrected chi connectivity index (χ3v) is 4.59. The number of halogens is 1. The van der Waals surface area contributed by atoms with Crippen LogP contribution < -0.4 is 10.6 Å². The molecule has 1 heterocycles. The van der Waals surface area contributed by atoms with Gasteiger partial charge in [-0.25, -0.2) is 4.79 Å². The van der Waals surface area contributed by atoms with Crippen LogP contribution in [0.25, 0.3) is 0 Å². The number of rotatable bonds is 6. The van der Waals surface area contributed by atoms with Gasteiger partial charge in [-0.15, -0.1) is 0 Å². The van der Waals surface area contributed by atoms with Gasteiger partial charge in [0.25, 0.3) is 0 Å². The summed E-state index contributed by atoms with van der Waals surface area (Å²) >= 11 is 5.84. The lowest BCUT2D eigenvalue weighted by atomic mass is 9.92. The highest BCUT2D eigenvalue weighted by atomic mass is 35.5. The maximum absolute atomic E-state index is 11.8. The van der Waals surface area contributed by atoms with Crippen LogP contribution in [0.2, 0.25) is 5.02 Å². The Labute approximate surface area is 143 Å². The molecule has 1 aromatic rings. The highest BCUT2D eigenvalue weighted by Gasteiger charge is 2.31. The Morgan fingerprint density at radius 1 is 1.26 bits per heavy atom. The van der Waals surface area contributed by atoms with Crippen molar-refractivity contribution >= 4 is 17.6 Å². The number of nitrogens with one attached hydrogen (secondary N) is 2. The average molecular weight is 340 g/mol. The summed E-state index contributed by atoms with van der Waals surface area (Å²) < 4.78 is 0. The molecule has 1 fully saturated rings. The summed E-state index contributed by atoms with van der Waals surface area (Å²) in [5.41, 5.74) is 0.435. The molecule has 0 saturated carbocycles. The molecule has 1 aliphatic rings. The summed E-state index contributed by atoms with van der Waals surface area (Å²) in [5.74, 6) is 0. The molecule has 0 aliphatic carbocycles. The molecule has 0 atom stereocenters. The van der Waals surface area contributed by atoms with E-state index in [0.717, 1.165) is 31.0 Å². The van der Waals surface area contributed by atoms with E-state index in [2.05, 4.69) is 15.5 Å². The lowest BCUT2D eigenvalue weighted by molar-refractivity contribution is -0.0122. The van der Waals surface area contributed by atoms with E-state index in [0.29, 0.717) is 25.9 Å². The van der Waals surface area contributed by atoms with Gasteiger partial charge in [0.05, 0.1) is 5.60 Å². The van der Waals surface area contributed by atoms with Crippen molar-refractivity contribution in [3.63, 3.8) is 0 Å². The number of benzene rings is 1. The fraction of sp³-hybridized carbons (Fsp3) is 0.588. The van der Waals surface area contributed by atoms with Gasteiger partial charge in [0.2, 0.25) is 0 Å². The van der Waals surface area contributed by atoms with Crippen LogP contribution >= 0.6 is 11.6 Å². The standard InChI is InChI=1S/C17H26ClN3O2/c1-21-11-8-17(23,9-12-21)13-20-16(22)19-10-2-3-14-4-6-15(18)7-5-14/h4-7,23H,2-3,8-13H2,1H3,(H2,19,20,22). The number of likely N-dealkylation sites (tertiary alicyclic amines) is 1. The van der Waals surface area contributed by atoms with Gasteiger partial charge in [0.15, 0.2) is 0 Å². The van der Waals surface area contributed by atoms with E-state index in [4.69, 9.17) is 11.6 Å². The van der Waals surface area contributed by atoms with Crippen molar-refractivity contribution in [1.29, 1.82) is 0 Å². The molecule has 6 heteroatoms. The quantitative estimate of drug-likeness (QED) is 0.695. The Hall–Kier alpha value is -1.30. The van der Waals surface area contributed by atoms with Gasteiger partial charge in [-0.05, 0) is 50.4 Å². The van der Waals surface area contributed by atoms with Crippen LogP contribution in [0.5, 0.6) is 0 Å². The predicted octanol–water partition coefficient (Wildman–Crippen LogP) is 2.03. The molecule has 1 aliphatic heterocycles. The van der Waals surface area contributed by atoms with Crippen LogP contribution in [0, 0.1) is 0 Å². The number of carbonyl (C=O) groups is 1. The predicted molar refractivity (Wildman–Crippen MR) is 92.9 cm³/mol. The first kappa shape index (κ1) is 18.0. The summed E-state index contributed by atoms with van der Waals surface area (Å²) in [6.07, 6.45) is 3.15. The number of hydrogen-bond acceptors (Lipinski definition) is 3. The molecule has 0 bridgehead atoms. The number of urea groups is 1. The largest absolute Gasteiger partial charge is 0.388 e. The molecule has 3 N–H and O–H groups in total. The van der Waals surface area contributed by atoms with Crippen LogP contribution in [0.15, 0.2) is 24.3 Å². The number of aryl methyl sites for hydroxylation is 1. The molecule has 0 spiro atoms. The molecular weight excluding hydrogens is 314 g/mol. The zero-order chi connectivity index (χ0) is 16.7. The van der Waals surface area contributed by atoms with Crippen molar-refractivity contribution in [2.75, 3.05) is 33.2 Å². The average Bonchev–Trinajstić information content (AvgIpc) is 2.55. The van der Waals surface area contributed by atoms with Gasteiger partial charge in [-0.3, -0.25) is 0 Å². The van der Waals surface area contributed by atoms with Gasteiger partial charge in [0, 0.05) is 31.2 Å². The Morgan fingerprint density at radius 3 is 2.57 bits per heavy atom. The molecule has 128 valence electrons. The zero-order valence-electron chi connectivity index (χ0n) is 13.6. The highest BCUT2D eigenvalue weighted by molar-refractivity contribution is 6.30. The Balaban J connectivity index is 1.59. The summed E-state index contributed by atoms with van der Waals surface area (Å²) in [5, 5.41) is 16.7. The molecule has 0 unspecified atom stereocenters. The van der Waals surface area contributed by atoms with Crippen molar-refractivity contribution in [2.45, 2.75) is 31.3 Å². The third-order valence-electron chi connectivity index (χ3n) is 4.34. The SMILES string of the molecule is CN1CCC(O)(CNC(=O)NCCCc2ccc(Cl)cc2)CC1. The number of carbonyl (C=O) groups excluding carboxylic acids is 1. The van der Waals surface area contributed by atoms with Crippen LogP contribution in [0.4, 0.5) is 4.79 Å². The van der Waals surface area contributed by atoms with Crippen LogP contribution in [-0.4, -0.2) is 54.9 Å². The van der Waals surface area contributed by atoms with Crippen LogP contribution in [-0.2, 0) is 6.42 Å². The minimum absolute atomic E-state index is 0.214. The monoisotopic (exact) mass is 339 g/mol. The fourth-order valence-electron chi connectivity index (χ4n) is 2.66. The molecule has 2 rings (SSSR count). The molecule has 0 radical (unpaired) electrons. The maximum atomic E-state index is 11.8. The van der Waals surface area contributed by atoms with E-state index in [9.17, 15) is 9.90 Å². The maximum Gasteiger partial charge on any atom is 0.314 e. The summed E-state index contributed by atoms with van der Waals surface area (Å²) in [7, 11) is 2.04. The topological polar surface area (TPSA) is 64.6 Å². The second-order valence-electron chi connectivity index (χ2n) is 6.37. The van der Waals surface area contributed by atoms with Crippen molar-refractivity contribution in [1.82, 2.24) is 15.5 Å². The molecule has 23 heavy (non-hydrogen) atoms. The van der Waals surface area contributed by atoms with E-state index >= 15 is 0 Å². The van der Waals surface area contributed by atoms with E-state index in [-0.39, 0.29) is 6.03 Å².